The van der Waals surface area contributed by atoms with Gasteiger partial charge in [0.05, 0.1) is 10.5 Å². The van der Waals surface area contributed by atoms with Crippen LogP contribution in [0.3, 0.4) is 0 Å². The molecule has 0 saturated carbocycles. The molecule has 0 heterocycles. The van der Waals surface area contributed by atoms with Crippen molar-refractivity contribution in [1.29, 1.82) is 0 Å². The first-order valence-electron chi connectivity index (χ1n) is 6.25. The van der Waals surface area contributed by atoms with E-state index in [4.69, 9.17) is 5.11 Å². The first-order chi connectivity index (χ1) is 9.56. The van der Waals surface area contributed by atoms with Crippen LogP contribution in [-0.4, -0.2) is 51.1 Å². The molecule has 0 fully saturated rings. The molecule has 0 spiro atoms. The fourth-order valence-electron chi connectivity index (χ4n) is 1.55. The van der Waals surface area contributed by atoms with Crippen molar-refractivity contribution in [2.45, 2.75) is 24.8 Å². The van der Waals surface area contributed by atoms with Crippen LogP contribution >= 0.6 is 15.9 Å². The first-order valence-corrected chi connectivity index (χ1v) is 8.53. The lowest BCUT2D eigenvalue weighted by Crippen LogP contribution is -2.38. The number of benzene rings is 1. The lowest BCUT2D eigenvalue weighted by Gasteiger charge is -2.20. The third kappa shape index (κ3) is 4.50. The first kappa shape index (κ1) is 18.1. The molecule has 0 aromatic heterocycles. The molecular formula is C13H19BrN2O4S. The molecule has 2 N–H and O–H groups in total. The zero-order chi connectivity index (χ0) is 16.4. The van der Waals surface area contributed by atoms with E-state index in [1.807, 2.05) is 25.9 Å². The van der Waals surface area contributed by atoms with Gasteiger partial charge in [-0.25, -0.2) is 17.9 Å². The lowest BCUT2D eigenvalue weighted by atomic mass is 10.1. The summed E-state index contributed by atoms with van der Waals surface area (Å²) >= 11 is 3.20. The number of rotatable bonds is 6. The van der Waals surface area contributed by atoms with Crippen LogP contribution in [0.5, 0.6) is 0 Å². The number of carbonyl (C=O) groups is 1. The van der Waals surface area contributed by atoms with Crippen molar-refractivity contribution in [2.24, 2.45) is 0 Å². The number of nitrogens with zero attached hydrogens (tertiary/aromatic N) is 1. The van der Waals surface area contributed by atoms with Crippen LogP contribution in [-0.2, 0) is 10.0 Å². The molecule has 0 aliphatic carbocycles. The summed E-state index contributed by atoms with van der Waals surface area (Å²) in [6.07, 6.45) is 0. The summed E-state index contributed by atoms with van der Waals surface area (Å²) < 4.78 is 27.7. The fourth-order valence-corrected chi connectivity index (χ4v) is 3.55. The van der Waals surface area contributed by atoms with Gasteiger partial charge >= 0.3 is 5.97 Å². The van der Waals surface area contributed by atoms with Crippen molar-refractivity contribution in [3.8, 4) is 0 Å². The number of halogens is 1. The van der Waals surface area contributed by atoms with E-state index in [1.54, 1.807) is 6.92 Å². The highest BCUT2D eigenvalue weighted by Gasteiger charge is 2.22. The molecule has 1 unspecified atom stereocenters. The molecule has 6 nitrogen and oxygen atoms in total. The molecule has 0 aliphatic heterocycles. The number of aromatic carboxylic acids is 1. The molecular weight excluding hydrogens is 360 g/mol. The van der Waals surface area contributed by atoms with Gasteiger partial charge in [0.15, 0.2) is 0 Å². The predicted molar refractivity (Wildman–Crippen MR) is 84.2 cm³/mol. The van der Waals surface area contributed by atoms with Crippen molar-refractivity contribution in [1.82, 2.24) is 9.62 Å². The number of likely N-dealkylation sites (N-methyl/N-ethyl adjacent to an activating group) is 1. The van der Waals surface area contributed by atoms with Crippen LogP contribution in [0.1, 0.15) is 22.8 Å². The van der Waals surface area contributed by atoms with E-state index in [-0.39, 0.29) is 23.0 Å². The molecule has 0 saturated heterocycles. The monoisotopic (exact) mass is 378 g/mol. The number of hydrogen-bond acceptors (Lipinski definition) is 4. The van der Waals surface area contributed by atoms with E-state index >= 15 is 0 Å². The minimum absolute atomic E-state index is 0.0196. The van der Waals surface area contributed by atoms with Gasteiger partial charge in [-0.3, -0.25) is 0 Å². The summed E-state index contributed by atoms with van der Waals surface area (Å²) in [4.78, 5) is 12.9. The Bertz CT molecular complexity index is 644. The van der Waals surface area contributed by atoms with Gasteiger partial charge in [0.2, 0.25) is 10.0 Å². The van der Waals surface area contributed by atoms with Gasteiger partial charge in [-0.1, -0.05) is 15.9 Å². The second-order valence-corrected chi connectivity index (χ2v) is 7.64. The van der Waals surface area contributed by atoms with Gasteiger partial charge in [-0.15, -0.1) is 0 Å². The van der Waals surface area contributed by atoms with Gasteiger partial charge in [0.25, 0.3) is 0 Å². The second-order valence-electron chi connectivity index (χ2n) is 5.05. The molecule has 1 atom stereocenters. The molecule has 1 rings (SSSR count). The highest BCUT2D eigenvalue weighted by atomic mass is 79.9. The molecule has 1 aromatic carbocycles. The van der Waals surface area contributed by atoms with Crippen molar-refractivity contribution < 1.29 is 18.3 Å². The summed E-state index contributed by atoms with van der Waals surface area (Å²) in [7, 11) is -0.0620. The number of nitrogens with one attached hydrogen (secondary N) is 1. The third-order valence-electron chi connectivity index (χ3n) is 3.28. The van der Waals surface area contributed by atoms with Crippen LogP contribution in [0.15, 0.2) is 21.5 Å². The fraction of sp³-hybridized carbons (Fsp3) is 0.462. The molecule has 0 amide bonds. The summed E-state index contributed by atoms with van der Waals surface area (Å²) in [5.74, 6) is -1.17. The predicted octanol–water partition coefficient (Wildman–Crippen LogP) is 1.68. The minimum atomic E-state index is -3.77. The lowest BCUT2D eigenvalue weighted by molar-refractivity contribution is 0.0696. The van der Waals surface area contributed by atoms with Crippen LogP contribution in [0.2, 0.25) is 0 Å². The van der Waals surface area contributed by atoms with Gasteiger partial charge in [0, 0.05) is 17.1 Å². The Morgan fingerprint density at radius 1 is 1.43 bits per heavy atom. The van der Waals surface area contributed by atoms with Gasteiger partial charge in [0.1, 0.15) is 0 Å². The van der Waals surface area contributed by atoms with E-state index in [0.717, 1.165) is 0 Å². The van der Waals surface area contributed by atoms with E-state index in [2.05, 4.69) is 20.7 Å². The van der Waals surface area contributed by atoms with Crippen LogP contribution in [0, 0.1) is 6.92 Å². The van der Waals surface area contributed by atoms with Crippen molar-refractivity contribution in [3.05, 3.63) is 27.7 Å². The Morgan fingerprint density at radius 2 is 2.00 bits per heavy atom. The van der Waals surface area contributed by atoms with Gasteiger partial charge in [-0.05, 0) is 45.6 Å². The molecule has 0 bridgehead atoms. The smallest absolute Gasteiger partial charge is 0.335 e. The SMILES string of the molecule is Cc1c(Br)cc(C(=O)O)cc1S(=O)(=O)NCC(C)N(C)C. The standard InChI is InChI=1S/C13H19BrN2O4S/c1-8(16(3)4)7-15-21(19,20)12-6-10(13(17)18)5-11(14)9(12)2/h5-6,8,15H,7H2,1-4H3,(H,17,18). The van der Waals surface area contributed by atoms with Crippen LogP contribution < -0.4 is 4.72 Å². The average molecular weight is 379 g/mol. The van der Waals surface area contributed by atoms with Crippen LogP contribution in [0.4, 0.5) is 0 Å². The van der Waals surface area contributed by atoms with Crippen molar-refractivity contribution >= 4 is 31.9 Å². The molecule has 21 heavy (non-hydrogen) atoms. The second kappa shape index (κ2) is 6.87. The summed E-state index contributed by atoms with van der Waals surface area (Å²) in [5, 5.41) is 9.04. The van der Waals surface area contributed by atoms with E-state index < -0.39 is 16.0 Å². The number of carboxylic acids is 1. The summed E-state index contributed by atoms with van der Waals surface area (Å²) in [5.41, 5.74) is 0.401. The van der Waals surface area contributed by atoms with Crippen LogP contribution in [0.25, 0.3) is 0 Å². The molecule has 8 heteroatoms. The quantitative estimate of drug-likeness (QED) is 0.786. The molecule has 0 radical (unpaired) electrons. The number of carboxylic acid groups (broad SMARTS) is 1. The zero-order valence-electron chi connectivity index (χ0n) is 12.3. The Balaban J connectivity index is 3.16. The molecule has 1 aromatic rings. The Morgan fingerprint density at radius 3 is 2.48 bits per heavy atom. The average Bonchev–Trinajstić information content (AvgIpc) is 2.38. The maximum Gasteiger partial charge on any atom is 0.335 e. The Kier molecular flexibility index (Phi) is 5.92. The largest absolute Gasteiger partial charge is 0.478 e. The number of hydrogen-bond donors (Lipinski definition) is 2. The third-order valence-corrected chi connectivity index (χ3v) is 5.66. The summed E-state index contributed by atoms with van der Waals surface area (Å²) in [6, 6.07) is 2.58. The van der Waals surface area contributed by atoms with E-state index in [9.17, 15) is 13.2 Å². The van der Waals surface area contributed by atoms with Gasteiger partial charge < -0.3 is 10.0 Å². The highest BCUT2D eigenvalue weighted by Crippen LogP contribution is 2.25. The molecule has 118 valence electrons. The minimum Gasteiger partial charge on any atom is -0.478 e. The van der Waals surface area contributed by atoms with Crippen molar-refractivity contribution in [2.75, 3.05) is 20.6 Å². The highest BCUT2D eigenvalue weighted by molar-refractivity contribution is 9.10. The maximum atomic E-state index is 12.4. The topological polar surface area (TPSA) is 86.7 Å². The molecule has 0 aliphatic rings. The van der Waals surface area contributed by atoms with Gasteiger partial charge in [-0.2, -0.15) is 0 Å². The Hall–Kier alpha value is -0.960. The number of sulfonamides is 1. The normalized spacial score (nSPS) is 13.4. The summed E-state index contributed by atoms with van der Waals surface area (Å²) in [6.45, 7) is 3.75. The Labute approximate surface area is 133 Å². The zero-order valence-corrected chi connectivity index (χ0v) is 14.7. The van der Waals surface area contributed by atoms with Crippen molar-refractivity contribution in [3.63, 3.8) is 0 Å². The van der Waals surface area contributed by atoms with E-state index in [0.29, 0.717) is 10.0 Å². The maximum absolute atomic E-state index is 12.4. The van der Waals surface area contributed by atoms with E-state index in [1.165, 1.54) is 12.1 Å².